The van der Waals surface area contributed by atoms with Gasteiger partial charge in [-0.05, 0) is 53.7 Å². The van der Waals surface area contributed by atoms with Crippen LogP contribution in [0.2, 0.25) is 0 Å². The average molecular weight is 380 g/mol. The van der Waals surface area contributed by atoms with Crippen molar-refractivity contribution in [1.82, 2.24) is 0 Å². The first-order valence-electron chi connectivity index (χ1n) is 10.6. The van der Waals surface area contributed by atoms with Gasteiger partial charge in [0.1, 0.15) is 6.10 Å². The summed E-state index contributed by atoms with van der Waals surface area (Å²) in [5, 5.41) is 0. The third-order valence-corrected chi connectivity index (χ3v) is 6.96. The SMILES string of the molecule is CCCC1CC[C@H]2C(c3ccc(-c4ccc(C5CO5)c(F)c4F)cc3)=CC[C@@H]12. The highest BCUT2D eigenvalue weighted by atomic mass is 19.2. The van der Waals surface area contributed by atoms with Gasteiger partial charge in [-0.25, -0.2) is 8.78 Å². The molecule has 0 amide bonds. The van der Waals surface area contributed by atoms with Crippen LogP contribution in [0.4, 0.5) is 8.78 Å². The Bertz CT molecular complexity index is 911. The highest BCUT2D eigenvalue weighted by Crippen LogP contribution is 2.52. The summed E-state index contributed by atoms with van der Waals surface area (Å²) in [7, 11) is 0. The molecule has 5 rings (SSSR count). The van der Waals surface area contributed by atoms with Crippen LogP contribution in [-0.2, 0) is 4.74 Å². The van der Waals surface area contributed by atoms with Crippen LogP contribution in [0.1, 0.15) is 56.3 Å². The second-order valence-corrected chi connectivity index (χ2v) is 8.52. The van der Waals surface area contributed by atoms with Gasteiger partial charge >= 0.3 is 0 Å². The molecule has 0 N–H and O–H groups in total. The summed E-state index contributed by atoms with van der Waals surface area (Å²) >= 11 is 0. The Morgan fingerprint density at radius 3 is 2.43 bits per heavy atom. The molecule has 28 heavy (non-hydrogen) atoms. The van der Waals surface area contributed by atoms with E-state index in [1.165, 1.54) is 43.2 Å². The van der Waals surface area contributed by atoms with Gasteiger partial charge in [-0.3, -0.25) is 0 Å². The first kappa shape index (κ1) is 18.1. The van der Waals surface area contributed by atoms with Crippen LogP contribution >= 0.6 is 0 Å². The summed E-state index contributed by atoms with van der Waals surface area (Å²) < 4.78 is 34.0. The number of hydrogen-bond donors (Lipinski definition) is 0. The predicted molar refractivity (Wildman–Crippen MR) is 108 cm³/mol. The van der Waals surface area contributed by atoms with Gasteiger partial charge in [0, 0.05) is 11.1 Å². The second-order valence-electron chi connectivity index (χ2n) is 8.52. The van der Waals surface area contributed by atoms with Crippen LogP contribution in [-0.4, -0.2) is 6.61 Å². The van der Waals surface area contributed by atoms with Crippen molar-refractivity contribution in [3.63, 3.8) is 0 Å². The lowest BCUT2D eigenvalue weighted by Crippen LogP contribution is -2.10. The van der Waals surface area contributed by atoms with Crippen LogP contribution in [0.5, 0.6) is 0 Å². The highest BCUT2D eigenvalue weighted by molar-refractivity contribution is 5.73. The van der Waals surface area contributed by atoms with Crippen LogP contribution in [0.3, 0.4) is 0 Å². The number of ether oxygens (including phenoxy) is 1. The molecule has 2 aromatic carbocycles. The highest BCUT2D eigenvalue weighted by Gasteiger charge is 2.40. The molecule has 2 aliphatic carbocycles. The molecule has 0 aromatic heterocycles. The predicted octanol–water partition coefficient (Wildman–Crippen LogP) is 6.93. The standard InChI is InChI=1S/C25H26F2O/c1-2-3-15-8-9-21-18(15)10-11-19(21)16-4-6-17(7-5-16)20-12-13-22(23-14-28-23)25(27)24(20)26/h4-7,11-13,15,18,21,23H,2-3,8-10,14H2,1H3/t15?,18-,21+,23?/m0/s1. The van der Waals surface area contributed by atoms with Gasteiger partial charge in [-0.15, -0.1) is 0 Å². The van der Waals surface area contributed by atoms with Crippen molar-refractivity contribution in [3.8, 4) is 11.1 Å². The maximum atomic E-state index is 14.6. The number of benzene rings is 2. The Labute approximate surface area is 165 Å². The molecule has 2 aromatic rings. The van der Waals surface area contributed by atoms with Crippen molar-refractivity contribution in [2.75, 3.05) is 6.61 Å². The van der Waals surface area contributed by atoms with Gasteiger partial charge in [-0.2, -0.15) is 0 Å². The number of allylic oxidation sites excluding steroid dienone is 2. The molecule has 1 heterocycles. The van der Waals surface area contributed by atoms with Gasteiger partial charge < -0.3 is 4.74 Å². The molecular formula is C25H26F2O. The van der Waals surface area contributed by atoms with Crippen molar-refractivity contribution in [3.05, 3.63) is 65.2 Å². The average Bonchev–Trinajstić information content (AvgIpc) is 3.34. The van der Waals surface area contributed by atoms with E-state index in [4.69, 9.17) is 4.74 Å². The largest absolute Gasteiger partial charge is 0.368 e. The summed E-state index contributed by atoms with van der Waals surface area (Å²) in [5.41, 5.74) is 4.05. The molecule has 0 radical (unpaired) electrons. The topological polar surface area (TPSA) is 12.5 Å². The van der Waals surface area contributed by atoms with Gasteiger partial charge in [0.25, 0.3) is 0 Å². The van der Waals surface area contributed by atoms with E-state index in [9.17, 15) is 8.78 Å². The van der Waals surface area contributed by atoms with Crippen LogP contribution in [0, 0.1) is 29.4 Å². The second kappa shape index (κ2) is 7.11. The Balaban J connectivity index is 1.38. The fourth-order valence-corrected chi connectivity index (χ4v) is 5.47. The first-order chi connectivity index (χ1) is 13.7. The maximum Gasteiger partial charge on any atom is 0.167 e. The molecular weight excluding hydrogens is 354 g/mol. The fraction of sp³-hybridized carbons (Fsp3) is 0.440. The molecule has 4 atom stereocenters. The number of rotatable bonds is 5. The Hall–Kier alpha value is -2.00. The van der Waals surface area contributed by atoms with Crippen LogP contribution in [0.15, 0.2) is 42.5 Å². The molecule has 1 saturated heterocycles. The number of halogens is 2. The molecule has 2 fully saturated rings. The molecule has 3 heteroatoms. The lowest BCUT2D eigenvalue weighted by Gasteiger charge is -2.19. The van der Waals surface area contributed by atoms with Crippen molar-refractivity contribution >= 4 is 5.57 Å². The van der Waals surface area contributed by atoms with Crippen LogP contribution < -0.4 is 0 Å². The smallest absolute Gasteiger partial charge is 0.167 e. The monoisotopic (exact) mass is 380 g/mol. The molecule has 146 valence electrons. The quantitative estimate of drug-likeness (QED) is 0.512. The zero-order valence-electron chi connectivity index (χ0n) is 16.3. The summed E-state index contributed by atoms with van der Waals surface area (Å²) in [6, 6.07) is 11.3. The zero-order valence-corrected chi connectivity index (χ0v) is 16.3. The van der Waals surface area contributed by atoms with E-state index in [0.29, 0.717) is 29.2 Å². The molecule has 1 nitrogen and oxygen atoms in total. The van der Waals surface area contributed by atoms with E-state index in [1.54, 1.807) is 12.1 Å². The Kier molecular flexibility index (Phi) is 4.59. The van der Waals surface area contributed by atoms with Crippen LogP contribution in [0.25, 0.3) is 16.7 Å². The number of epoxide rings is 1. The summed E-state index contributed by atoms with van der Waals surface area (Å²) in [5.74, 6) is 0.791. The minimum absolute atomic E-state index is 0.281. The maximum absolute atomic E-state index is 14.6. The zero-order chi connectivity index (χ0) is 19.3. The molecule has 0 spiro atoms. The van der Waals surface area contributed by atoms with Gasteiger partial charge in [0.05, 0.1) is 6.61 Å². The van der Waals surface area contributed by atoms with Crippen molar-refractivity contribution < 1.29 is 13.5 Å². The van der Waals surface area contributed by atoms with E-state index < -0.39 is 11.6 Å². The third-order valence-electron chi connectivity index (χ3n) is 6.96. The van der Waals surface area contributed by atoms with Gasteiger partial charge in [0.2, 0.25) is 0 Å². The minimum atomic E-state index is -0.779. The van der Waals surface area contributed by atoms with E-state index in [0.717, 1.165) is 11.8 Å². The van der Waals surface area contributed by atoms with E-state index >= 15 is 0 Å². The van der Waals surface area contributed by atoms with E-state index in [-0.39, 0.29) is 6.10 Å². The molecule has 0 bridgehead atoms. The molecule has 1 saturated carbocycles. The van der Waals surface area contributed by atoms with Gasteiger partial charge in [0.15, 0.2) is 11.6 Å². The molecule has 2 unspecified atom stereocenters. The fourth-order valence-electron chi connectivity index (χ4n) is 5.47. The summed E-state index contributed by atoms with van der Waals surface area (Å²) in [4.78, 5) is 0. The number of hydrogen-bond acceptors (Lipinski definition) is 1. The Morgan fingerprint density at radius 2 is 1.71 bits per heavy atom. The summed E-state index contributed by atoms with van der Waals surface area (Å²) in [6.07, 6.45) is 8.57. The normalized spacial score (nSPS) is 28.3. The van der Waals surface area contributed by atoms with E-state index in [1.807, 2.05) is 12.1 Å². The van der Waals surface area contributed by atoms with E-state index in [2.05, 4.69) is 25.1 Å². The molecule has 3 aliphatic rings. The third kappa shape index (κ3) is 3.00. The van der Waals surface area contributed by atoms with Crippen molar-refractivity contribution in [2.45, 2.75) is 45.1 Å². The number of fused-ring (bicyclic) bond motifs is 1. The Morgan fingerprint density at radius 1 is 0.964 bits per heavy atom. The van der Waals surface area contributed by atoms with Gasteiger partial charge in [-0.1, -0.05) is 62.2 Å². The summed E-state index contributed by atoms with van der Waals surface area (Å²) in [6.45, 7) is 2.75. The lowest BCUT2D eigenvalue weighted by atomic mass is 9.85. The first-order valence-corrected chi connectivity index (χ1v) is 10.6. The molecule has 1 aliphatic heterocycles. The lowest BCUT2D eigenvalue weighted by molar-refractivity contribution is 0.347. The minimum Gasteiger partial charge on any atom is -0.368 e. The van der Waals surface area contributed by atoms with Crippen molar-refractivity contribution in [2.24, 2.45) is 17.8 Å². The van der Waals surface area contributed by atoms with Crippen molar-refractivity contribution in [1.29, 1.82) is 0 Å².